The summed E-state index contributed by atoms with van der Waals surface area (Å²) in [5.41, 5.74) is 4.83. The molecule has 3 aromatic carbocycles. The van der Waals surface area contributed by atoms with E-state index in [-0.39, 0.29) is 0 Å². The van der Waals surface area contributed by atoms with Crippen LogP contribution in [0.15, 0.2) is 72.8 Å². The predicted octanol–water partition coefficient (Wildman–Crippen LogP) is 3.11. The van der Waals surface area contributed by atoms with Crippen LogP contribution in [0.3, 0.4) is 0 Å². The first-order chi connectivity index (χ1) is 15.0. The highest BCUT2D eigenvalue weighted by Crippen LogP contribution is 2.34. The molecule has 1 heterocycles. The maximum atomic E-state index is 10.4. The summed E-state index contributed by atoms with van der Waals surface area (Å²) in [6, 6.07) is 23.7. The second kappa shape index (κ2) is 9.49. The highest BCUT2D eigenvalue weighted by molar-refractivity contribution is 6.31. The average molecular weight is 441 g/mol. The predicted molar refractivity (Wildman–Crippen MR) is 119 cm³/mol. The normalized spacial score (nSPS) is 26.0. The van der Waals surface area contributed by atoms with Crippen molar-refractivity contribution in [2.75, 3.05) is 6.61 Å². The minimum absolute atomic E-state index is 0.463. The molecule has 0 aliphatic carbocycles. The Labute approximate surface area is 186 Å². The Balaban J connectivity index is 1.56. The van der Waals surface area contributed by atoms with Crippen LogP contribution < -0.4 is 0 Å². The number of hydrogen-bond donors (Lipinski definition) is 4. The van der Waals surface area contributed by atoms with Gasteiger partial charge in [-0.15, -0.1) is 0 Å². The minimum Gasteiger partial charge on any atom is -0.394 e. The first kappa shape index (κ1) is 22.0. The van der Waals surface area contributed by atoms with Crippen LogP contribution >= 0.6 is 11.6 Å². The molecule has 1 fully saturated rings. The fourth-order valence-corrected chi connectivity index (χ4v) is 4.13. The second-order valence-corrected chi connectivity index (χ2v) is 8.25. The number of rotatable bonds is 5. The number of ether oxygens (including phenoxy) is 1. The highest BCUT2D eigenvalue weighted by Gasteiger charge is 2.44. The van der Waals surface area contributed by atoms with Gasteiger partial charge in [-0.1, -0.05) is 78.3 Å². The maximum absolute atomic E-state index is 10.4. The van der Waals surface area contributed by atoms with Gasteiger partial charge in [0.05, 0.1) is 6.61 Å². The molecule has 5 atom stereocenters. The van der Waals surface area contributed by atoms with E-state index in [1.54, 1.807) is 12.1 Å². The van der Waals surface area contributed by atoms with Gasteiger partial charge in [0.15, 0.2) is 0 Å². The van der Waals surface area contributed by atoms with E-state index in [0.29, 0.717) is 17.0 Å². The number of halogens is 1. The van der Waals surface area contributed by atoms with E-state index >= 15 is 0 Å². The first-order valence-electron chi connectivity index (χ1n) is 10.2. The van der Waals surface area contributed by atoms with Crippen molar-refractivity contribution in [3.05, 3.63) is 94.5 Å². The van der Waals surface area contributed by atoms with Gasteiger partial charge in [-0.05, 0) is 40.3 Å². The fourth-order valence-electron chi connectivity index (χ4n) is 3.95. The third-order valence-corrected chi connectivity index (χ3v) is 6.11. The zero-order valence-electron chi connectivity index (χ0n) is 16.8. The van der Waals surface area contributed by atoms with Gasteiger partial charge < -0.3 is 25.2 Å². The SMILES string of the molecule is OC[C@H]1O[C@@H](c2ccc(Cl)c(Cc3ccc(-c4ccccc4)cc3)c2)[C@H](O)[C@@H](O)[C@@H]1O. The third kappa shape index (κ3) is 4.67. The van der Waals surface area contributed by atoms with Crippen LogP contribution in [0.2, 0.25) is 5.02 Å². The Bertz CT molecular complexity index is 1010. The van der Waals surface area contributed by atoms with Crippen molar-refractivity contribution in [2.24, 2.45) is 0 Å². The molecule has 1 aliphatic heterocycles. The zero-order valence-corrected chi connectivity index (χ0v) is 17.6. The summed E-state index contributed by atoms with van der Waals surface area (Å²) in [6.45, 7) is -0.463. The molecule has 0 radical (unpaired) electrons. The summed E-state index contributed by atoms with van der Waals surface area (Å²) in [6.07, 6.45) is -5.37. The summed E-state index contributed by atoms with van der Waals surface area (Å²) in [4.78, 5) is 0. The summed E-state index contributed by atoms with van der Waals surface area (Å²) in [5, 5.41) is 40.5. The van der Waals surface area contributed by atoms with Gasteiger partial charge >= 0.3 is 0 Å². The van der Waals surface area contributed by atoms with E-state index in [1.165, 1.54) is 0 Å². The molecule has 6 heteroatoms. The van der Waals surface area contributed by atoms with E-state index in [1.807, 2.05) is 24.3 Å². The monoisotopic (exact) mass is 440 g/mol. The molecule has 1 aliphatic rings. The molecule has 31 heavy (non-hydrogen) atoms. The van der Waals surface area contributed by atoms with Crippen molar-refractivity contribution < 1.29 is 25.2 Å². The van der Waals surface area contributed by atoms with Crippen LogP contribution in [0, 0.1) is 0 Å². The summed E-state index contributed by atoms with van der Waals surface area (Å²) < 4.78 is 5.67. The molecule has 0 spiro atoms. The van der Waals surface area contributed by atoms with E-state index in [2.05, 4.69) is 36.4 Å². The lowest BCUT2D eigenvalue weighted by Crippen LogP contribution is -2.55. The van der Waals surface area contributed by atoms with Crippen LogP contribution in [-0.4, -0.2) is 51.4 Å². The maximum Gasteiger partial charge on any atom is 0.113 e. The van der Waals surface area contributed by atoms with Crippen molar-refractivity contribution in [3.63, 3.8) is 0 Å². The van der Waals surface area contributed by atoms with Gasteiger partial charge in [0.2, 0.25) is 0 Å². The molecular weight excluding hydrogens is 416 g/mol. The molecule has 3 aromatic rings. The van der Waals surface area contributed by atoms with Crippen LogP contribution in [-0.2, 0) is 11.2 Å². The van der Waals surface area contributed by atoms with E-state index < -0.39 is 37.1 Å². The van der Waals surface area contributed by atoms with E-state index in [4.69, 9.17) is 16.3 Å². The van der Waals surface area contributed by atoms with Gasteiger partial charge in [-0.25, -0.2) is 0 Å². The number of aliphatic hydroxyl groups is 4. The molecule has 0 aromatic heterocycles. The smallest absolute Gasteiger partial charge is 0.113 e. The van der Waals surface area contributed by atoms with Gasteiger partial charge in [-0.2, -0.15) is 0 Å². The van der Waals surface area contributed by atoms with Crippen molar-refractivity contribution in [1.29, 1.82) is 0 Å². The Morgan fingerprint density at radius 1 is 0.774 bits per heavy atom. The Hall–Kier alpha value is -2.25. The summed E-state index contributed by atoms with van der Waals surface area (Å²) >= 11 is 6.42. The van der Waals surface area contributed by atoms with E-state index in [0.717, 1.165) is 22.3 Å². The average Bonchev–Trinajstić information content (AvgIpc) is 2.80. The third-order valence-electron chi connectivity index (χ3n) is 5.75. The lowest BCUT2D eigenvalue weighted by Gasteiger charge is -2.40. The number of aliphatic hydroxyl groups excluding tert-OH is 4. The van der Waals surface area contributed by atoms with Crippen molar-refractivity contribution in [1.82, 2.24) is 0 Å². The molecule has 0 saturated carbocycles. The van der Waals surface area contributed by atoms with Crippen molar-refractivity contribution >= 4 is 11.6 Å². The molecule has 5 nitrogen and oxygen atoms in total. The van der Waals surface area contributed by atoms with Crippen LogP contribution in [0.5, 0.6) is 0 Å². The molecular formula is C25H25ClO5. The van der Waals surface area contributed by atoms with Gasteiger partial charge in [-0.3, -0.25) is 0 Å². The van der Waals surface area contributed by atoms with Crippen molar-refractivity contribution in [3.8, 4) is 11.1 Å². The Morgan fingerprint density at radius 2 is 1.45 bits per heavy atom. The molecule has 1 saturated heterocycles. The minimum atomic E-state index is -1.42. The van der Waals surface area contributed by atoms with Crippen molar-refractivity contribution in [2.45, 2.75) is 36.9 Å². The van der Waals surface area contributed by atoms with Crippen LogP contribution in [0.25, 0.3) is 11.1 Å². The number of benzene rings is 3. The zero-order chi connectivity index (χ0) is 22.0. The first-order valence-corrected chi connectivity index (χ1v) is 10.6. The van der Waals surface area contributed by atoms with Gasteiger partial charge in [0, 0.05) is 5.02 Å². The van der Waals surface area contributed by atoms with E-state index in [9.17, 15) is 20.4 Å². The largest absolute Gasteiger partial charge is 0.394 e. The second-order valence-electron chi connectivity index (χ2n) is 7.84. The Kier molecular flexibility index (Phi) is 6.72. The van der Waals surface area contributed by atoms with Crippen LogP contribution in [0.1, 0.15) is 22.8 Å². The lowest BCUT2D eigenvalue weighted by molar-refractivity contribution is -0.231. The highest BCUT2D eigenvalue weighted by atomic mass is 35.5. The van der Waals surface area contributed by atoms with Crippen LogP contribution in [0.4, 0.5) is 0 Å². The molecule has 0 unspecified atom stereocenters. The lowest BCUT2D eigenvalue weighted by atomic mass is 9.90. The molecule has 4 rings (SSSR count). The summed E-state index contributed by atoms with van der Waals surface area (Å²) in [5.74, 6) is 0. The van der Waals surface area contributed by atoms with Gasteiger partial charge in [0.1, 0.15) is 30.5 Å². The molecule has 0 amide bonds. The Morgan fingerprint density at radius 3 is 2.13 bits per heavy atom. The quantitative estimate of drug-likeness (QED) is 0.489. The fraction of sp³-hybridized carbons (Fsp3) is 0.280. The standard InChI is InChI=1S/C25H25ClO5/c26-20-11-10-18(25-24(30)23(29)22(28)21(14-27)31-25)13-19(20)12-15-6-8-17(9-7-15)16-4-2-1-3-5-16/h1-11,13,21-25,27-30H,12,14H2/t21-,22-,23+,24-,25+/m1/s1. The molecule has 4 N–H and O–H groups in total. The molecule has 162 valence electrons. The summed E-state index contributed by atoms with van der Waals surface area (Å²) in [7, 11) is 0. The molecule has 0 bridgehead atoms. The number of hydrogen-bond acceptors (Lipinski definition) is 5. The van der Waals surface area contributed by atoms with Gasteiger partial charge in [0.25, 0.3) is 0 Å². The topological polar surface area (TPSA) is 90.2 Å².